The zero-order chi connectivity index (χ0) is 24.5. The number of piperidine rings is 1. The van der Waals surface area contributed by atoms with Crippen LogP contribution in [-0.2, 0) is 6.54 Å². The van der Waals surface area contributed by atoms with Crippen LogP contribution in [0, 0.1) is 24.5 Å². The number of fused-ring (bicyclic) bond motifs is 1. The molecule has 0 N–H and O–H groups in total. The second kappa shape index (κ2) is 9.58. The molecular formula is C28H27F2N3O2. The first-order valence-corrected chi connectivity index (χ1v) is 11.9. The molecule has 1 aromatic heterocycles. The molecular weight excluding hydrogens is 448 g/mol. The molecule has 3 aromatic carbocycles. The monoisotopic (exact) mass is 475 g/mol. The quantitative estimate of drug-likeness (QED) is 0.370. The zero-order valence-corrected chi connectivity index (χ0v) is 19.6. The van der Waals surface area contributed by atoms with Gasteiger partial charge in [-0.05, 0) is 93.0 Å². The van der Waals surface area contributed by atoms with E-state index in [0.29, 0.717) is 24.3 Å². The summed E-state index contributed by atoms with van der Waals surface area (Å²) in [6.07, 6.45) is 1.48. The maximum atomic E-state index is 13.5. The number of para-hydroxylation sites is 1. The summed E-state index contributed by atoms with van der Waals surface area (Å²) >= 11 is 0. The lowest BCUT2D eigenvalue weighted by Gasteiger charge is -2.31. The number of imidazole rings is 1. The van der Waals surface area contributed by atoms with Gasteiger partial charge in [0.25, 0.3) is 0 Å². The van der Waals surface area contributed by atoms with Crippen molar-refractivity contribution in [2.45, 2.75) is 26.3 Å². The summed E-state index contributed by atoms with van der Waals surface area (Å²) in [5.74, 6) is -0.688. The molecule has 2 heterocycles. The third-order valence-electron chi connectivity index (χ3n) is 6.96. The molecule has 0 amide bonds. The van der Waals surface area contributed by atoms with Gasteiger partial charge in [-0.2, -0.15) is 0 Å². The van der Waals surface area contributed by atoms with E-state index in [-0.39, 0.29) is 29.0 Å². The van der Waals surface area contributed by atoms with Crippen molar-refractivity contribution in [1.82, 2.24) is 14.0 Å². The number of Topliss-reactive ketones (excluding diaryl/α,β-unsaturated/α-hetero) is 1. The van der Waals surface area contributed by atoms with Gasteiger partial charge in [0.1, 0.15) is 11.6 Å². The molecule has 5 rings (SSSR count). The number of hydrogen-bond acceptors (Lipinski definition) is 3. The number of aryl methyl sites for hydroxylation is 1. The number of benzene rings is 3. The molecule has 7 heteroatoms. The van der Waals surface area contributed by atoms with Gasteiger partial charge in [-0.1, -0.05) is 12.1 Å². The van der Waals surface area contributed by atoms with E-state index in [4.69, 9.17) is 0 Å². The van der Waals surface area contributed by atoms with E-state index >= 15 is 0 Å². The van der Waals surface area contributed by atoms with Gasteiger partial charge in [-0.25, -0.2) is 13.6 Å². The Hall–Kier alpha value is -3.58. The lowest BCUT2D eigenvalue weighted by Crippen LogP contribution is -2.39. The predicted molar refractivity (Wildman–Crippen MR) is 132 cm³/mol. The fourth-order valence-electron chi connectivity index (χ4n) is 5.03. The van der Waals surface area contributed by atoms with Crippen molar-refractivity contribution in [1.29, 1.82) is 0 Å². The molecule has 0 bridgehead atoms. The first-order chi connectivity index (χ1) is 16.9. The zero-order valence-electron chi connectivity index (χ0n) is 19.6. The Morgan fingerprint density at radius 3 is 2.17 bits per heavy atom. The van der Waals surface area contributed by atoms with Crippen molar-refractivity contribution >= 4 is 16.8 Å². The number of aromatic nitrogens is 2. The molecule has 0 aliphatic carbocycles. The molecule has 0 radical (unpaired) electrons. The van der Waals surface area contributed by atoms with Crippen molar-refractivity contribution in [2.75, 3.05) is 19.6 Å². The highest BCUT2D eigenvalue weighted by Crippen LogP contribution is 2.24. The minimum Gasteiger partial charge on any atom is -0.302 e. The van der Waals surface area contributed by atoms with Crippen LogP contribution in [0.2, 0.25) is 0 Å². The van der Waals surface area contributed by atoms with Crippen LogP contribution in [0.3, 0.4) is 0 Å². The summed E-state index contributed by atoms with van der Waals surface area (Å²) in [6, 6.07) is 17.6. The minimum absolute atomic E-state index is 0.0672. The first kappa shape index (κ1) is 23.2. The predicted octanol–water partition coefficient (Wildman–Crippen LogP) is 4.97. The van der Waals surface area contributed by atoms with Gasteiger partial charge in [0.15, 0.2) is 5.78 Å². The molecule has 1 fully saturated rings. The summed E-state index contributed by atoms with van der Waals surface area (Å²) in [7, 11) is 0. The maximum absolute atomic E-state index is 13.5. The Balaban J connectivity index is 1.31. The molecule has 4 aromatic rings. The first-order valence-electron chi connectivity index (χ1n) is 11.9. The van der Waals surface area contributed by atoms with Gasteiger partial charge in [0.2, 0.25) is 0 Å². The highest BCUT2D eigenvalue weighted by Gasteiger charge is 2.26. The molecule has 0 saturated carbocycles. The van der Waals surface area contributed by atoms with E-state index in [1.54, 1.807) is 33.4 Å². The molecule has 5 nitrogen and oxygen atoms in total. The highest BCUT2D eigenvalue weighted by atomic mass is 19.1. The Morgan fingerprint density at radius 2 is 1.51 bits per heavy atom. The van der Waals surface area contributed by atoms with Crippen LogP contribution in [0.25, 0.3) is 16.7 Å². The van der Waals surface area contributed by atoms with E-state index in [1.807, 2.05) is 25.1 Å². The van der Waals surface area contributed by atoms with Crippen molar-refractivity contribution in [3.63, 3.8) is 0 Å². The molecule has 1 saturated heterocycles. The van der Waals surface area contributed by atoms with E-state index in [1.165, 1.54) is 24.3 Å². The molecule has 0 unspecified atom stereocenters. The van der Waals surface area contributed by atoms with E-state index in [0.717, 1.165) is 42.5 Å². The number of hydrogen-bond donors (Lipinski definition) is 0. The fraction of sp³-hybridized carbons (Fsp3) is 0.286. The van der Waals surface area contributed by atoms with Crippen LogP contribution in [0.1, 0.15) is 28.8 Å². The Kier molecular flexibility index (Phi) is 6.34. The maximum Gasteiger partial charge on any atom is 0.333 e. The number of halogens is 2. The van der Waals surface area contributed by atoms with Gasteiger partial charge in [-0.3, -0.25) is 13.9 Å². The second-order valence-corrected chi connectivity index (χ2v) is 9.18. The largest absolute Gasteiger partial charge is 0.333 e. The van der Waals surface area contributed by atoms with Crippen LogP contribution >= 0.6 is 0 Å². The van der Waals surface area contributed by atoms with E-state index < -0.39 is 0 Å². The van der Waals surface area contributed by atoms with Crippen LogP contribution in [0.15, 0.2) is 71.5 Å². The molecule has 0 atom stereocenters. The van der Waals surface area contributed by atoms with Gasteiger partial charge in [0.05, 0.1) is 16.7 Å². The Bertz CT molecular complexity index is 1410. The lowest BCUT2D eigenvalue weighted by atomic mass is 9.89. The van der Waals surface area contributed by atoms with Gasteiger partial charge >= 0.3 is 5.69 Å². The third-order valence-corrected chi connectivity index (χ3v) is 6.96. The summed E-state index contributed by atoms with van der Waals surface area (Å²) < 4.78 is 30.1. The SMILES string of the molecule is Cc1cccc2c1n(-c1ccc(F)cc1)c(=O)n2CCN1CCC(C(=O)c2ccc(F)cc2)CC1. The van der Waals surface area contributed by atoms with Gasteiger partial charge in [0, 0.05) is 24.6 Å². The van der Waals surface area contributed by atoms with Gasteiger partial charge < -0.3 is 4.90 Å². The summed E-state index contributed by atoms with van der Waals surface area (Å²) in [5.41, 5.74) is 3.69. The van der Waals surface area contributed by atoms with E-state index in [9.17, 15) is 18.4 Å². The Morgan fingerprint density at radius 1 is 0.886 bits per heavy atom. The molecule has 0 spiro atoms. The summed E-state index contributed by atoms with van der Waals surface area (Å²) in [5, 5.41) is 0. The van der Waals surface area contributed by atoms with Crippen LogP contribution in [0.5, 0.6) is 0 Å². The molecule has 180 valence electrons. The van der Waals surface area contributed by atoms with Gasteiger partial charge in [-0.15, -0.1) is 0 Å². The average molecular weight is 476 g/mol. The second-order valence-electron chi connectivity index (χ2n) is 9.18. The number of likely N-dealkylation sites (tertiary alicyclic amines) is 1. The van der Waals surface area contributed by atoms with Crippen LogP contribution in [-0.4, -0.2) is 39.5 Å². The van der Waals surface area contributed by atoms with Crippen molar-refractivity contribution in [2.24, 2.45) is 5.92 Å². The standard InChI is InChI=1S/C28H27F2N3O2/c1-19-3-2-4-25-26(19)33(24-11-9-23(30)10-12-24)28(35)32(25)18-17-31-15-13-21(14-16-31)27(34)20-5-7-22(29)8-6-20/h2-12,21H,13-18H2,1H3. The summed E-state index contributed by atoms with van der Waals surface area (Å²) in [6.45, 7) is 4.70. The summed E-state index contributed by atoms with van der Waals surface area (Å²) in [4.78, 5) is 28.5. The van der Waals surface area contributed by atoms with Crippen LogP contribution in [0.4, 0.5) is 8.78 Å². The number of rotatable bonds is 6. The number of carbonyl (C=O) groups excluding carboxylic acids is 1. The van der Waals surface area contributed by atoms with Crippen molar-refractivity contribution in [3.05, 3.63) is 100.0 Å². The normalized spacial score (nSPS) is 15.1. The molecule has 1 aliphatic rings. The fourth-order valence-corrected chi connectivity index (χ4v) is 5.03. The Labute approximate surface area is 202 Å². The third kappa shape index (κ3) is 4.56. The topological polar surface area (TPSA) is 47.2 Å². The highest BCUT2D eigenvalue weighted by molar-refractivity contribution is 5.97. The van der Waals surface area contributed by atoms with Crippen molar-refractivity contribution < 1.29 is 13.6 Å². The smallest absolute Gasteiger partial charge is 0.302 e. The van der Waals surface area contributed by atoms with Crippen LogP contribution < -0.4 is 5.69 Å². The molecule has 1 aliphatic heterocycles. The number of carbonyl (C=O) groups is 1. The van der Waals surface area contributed by atoms with Crippen molar-refractivity contribution in [3.8, 4) is 5.69 Å². The number of ketones is 1. The minimum atomic E-state index is -0.345. The molecule has 35 heavy (non-hydrogen) atoms. The lowest BCUT2D eigenvalue weighted by molar-refractivity contribution is 0.0837. The number of nitrogens with zero attached hydrogens (tertiary/aromatic N) is 3. The van der Waals surface area contributed by atoms with E-state index in [2.05, 4.69) is 4.90 Å². The average Bonchev–Trinajstić information content (AvgIpc) is 3.16.